The Balaban J connectivity index is 2.11. The predicted molar refractivity (Wildman–Crippen MR) is 71.5 cm³/mol. The zero-order valence-corrected chi connectivity index (χ0v) is 11.1. The van der Waals surface area contributed by atoms with Gasteiger partial charge in [0.05, 0.1) is 7.11 Å². The fraction of sp³-hybridized carbons (Fsp3) is 0.250. The highest BCUT2D eigenvalue weighted by Gasteiger charge is 2.06. The van der Waals surface area contributed by atoms with Crippen LogP contribution >= 0.6 is 11.8 Å². The SMILES string of the molecule is COc1ncccc1CSc1nc(C)cc(N)n1. The van der Waals surface area contributed by atoms with Crippen LogP contribution in [0.2, 0.25) is 0 Å². The first-order valence-corrected chi connectivity index (χ1v) is 6.39. The molecular formula is C12H14N4OS. The number of thioether (sulfide) groups is 1. The van der Waals surface area contributed by atoms with Gasteiger partial charge < -0.3 is 10.5 Å². The van der Waals surface area contributed by atoms with E-state index in [9.17, 15) is 0 Å². The molecule has 0 amide bonds. The minimum atomic E-state index is 0.489. The summed E-state index contributed by atoms with van der Waals surface area (Å²) >= 11 is 1.51. The molecule has 2 aromatic rings. The number of nitrogen functional groups attached to an aromatic ring is 1. The molecule has 0 saturated heterocycles. The number of nitrogens with two attached hydrogens (primary N) is 1. The van der Waals surface area contributed by atoms with E-state index in [1.807, 2.05) is 19.1 Å². The van der Waals surface area contributed by atoms with Gasteiger partial charge in [0.15, 0.2) is 5.16 Å². The fourth-order valence-corrected chi connectivity index (χ4v) is 2.37. The van der Waals surface area contributed by atoms with E-state index in [1.165, 1.54) is 11.8 Å². The Morgan fingerprint density at radius 1 is 1.39 bits per heavy atom. The van der Waals surface area contributed by atoms with Crippen LogP contribution in [0, 0.1) is 6.92 Å². The third-order valence-electron chi connectivity index (χ3n) is 2.25. The second-order valence-corrected chi connectivity index (χ2v) is 4.62. The molecule has 94 valence electrons. The van der Waals surface area contributed by atoms with Crippen molar-refractivity contribution in [1.82, 2.24) is 15.0 Å². The summed E-state index contributed by atoms with van der Waals surface area (Å²) in [4.78, 5) is 12.6. The highest BCUT2D eigenvalue weighted by molar-refractivity contribution is 7.98. The van der Waals surface area contributed by atoms with Crippen molar-refractivity contribution in [2.45, 2.75) is 17.8 Å². The molecular weight excluding hydrogens is 248 g/mol. The monoisotopic (exact) mass is 262 g/mol. The first kappa shape index (κ1) is 12.6. The van der Waals surface area contributed by atoms with Gasteiger partial charge in [0.25, 0.3) is 0 Å². The Morgan fingerprint density at radius 2 is 2.22 bits per heavy atom. The molecule has 0 bridgehead atoms. The normalized spacial score (nSPS) is 10.3. The van der Waals surface area contributed by atoms with Crippen molar-refractivity contribution in [1.29, 1.82) is 0 Å². The van der Waals surface area contributed by atoms with E-state index in [2.05, 4.69) is 15.0 Å². The predicted octanol–water partition coefficient (Wildman–Crippen LogP) is 2.06. The summed E-state index contributed by atoms with van der Waals surface area (Å²) in [5.74, 6) is 1.81. The lowest BCUT2D eigenvalue weighted by atomic mass is 10.3. The van der Waals surface area contributed by atoms with Crippen molar-refractivity contribution in [2.24, 2.45) is 0 Å². The smallest absolute Gasteiger partial charge is 0.217 e. The first-order valence-electron chi connectivity index (χ1n) is 5.41. The summed E-state index contributed by atoms with van der Waals surface area (Å²) in [5, 5.41) is 0.665. The van der Waals surface area contributed by atoms with Gasteiger partial charge >= 0.3 is 0 Å². The van der Waals surface area contributed by atoms with Crippen LogP contribution in [0.25, 0.3) is 0 Å². The summed E-state index contributed by atoms with van der Waals surface area (Å²) in [7, 11) is 1.61. The van der Waals surface area contributed by atoms with Crippen molar-refractivity contribution in [3.05, 3.63) is 35.7 Å². The van der Waals surface area contributed by atoms with Crippen molar-refractivity contribution in [2.75, 3.05) is 12.8 Å². The van der Waals surface area contributed by atoms with Gasteiger partial charge in [-0.2, -0.15) is 0 Å². The standard InChI is InChI=1S/C12H14N4OS/c1-8-6-10(13)16-12(15-8)18-7-9-4-3-5-14-11(9)17-2/h3-6H,7H2,1-2H3,(H2,13,15,16). The maximum atomic E-state index is 5.68. The van der Waals surface area contributed by atoms with Crippen LogP contribution in [0.5, 0.6) is 5.88 Å². The van der Waals surface area contributed by atoms with E-state index in [1.54, 1.807) is 19.4 Å². The molecule has 2 N–H and O–H groups in total. The number of nitrogens with zero attached hydrogens (tertiary/aromatic N) is 3. The largest absolute Gasteiger partial charge is 0.481 e. The number of rotatable bonds is 4. The maximum Gasteiger partial charge on any atom is 0.217 e. The van der Waals surface area contributed by atoms with Crippen molar-refractivity contribution in [3.8, 4) is 5.88 Å². The Labute approximate surface area is 110 Å². The van der Waals surface area contributed by atoms with E-state index in [0.717, 1.165) is 11.3 Å². The molecule has 0 aliphatic rings. The zero-order valence-electron chi connectivity index (χ0n) is 10.3. The average Bonchev–Trinajstić information content (AvgIpc) is 2.35. The van der Waals surface area contributed by atoms with Crippen LogP contribution in [0.15, 0.2) is 29.6 Å². The molecule has 18 heavy (non-hydrogen) atoms. The number of anilines is 1. The lowest BCUT2D eigenvalue weighted by Crippen LogP contribution is -1.97. The van der Waals surface area contributed by atoms with Crippen LogP contribution < -0.4 is 10.5 Å². The molecule has 0 aromatic carbocycles. The average molecular weight is 262 g/mol. The molecule has 0 radical (unpaired) electrons. The van der Waals surface area contributed by atoms with E-state index < -0.39 is 0 Å². The van der Waals surface area contributed by atoms with Crippen molar-refractivity contribution >= 4 is 17.6 Å². The summed E-state index contributed by atoms with van der Waals surface area (Å²) in [6.45, 7) is 1.90. The molecule has 0 atom stereocenters. The molecule has 0 unspecified atom stereocenters. The van der Waals surface area contributed by atoms with Crippen LogP contribution in [-0.4, -0.2) is 22.1 Å². The molecule has 6 heteroatoms. The van der Waals surface area contributed by atoms with Gasteiger partial charge in [0, 0.05) is 29.3 Å². The van der Waals surface area contributed by atoms with Gasteiger partial charge in [-0.25, -0.2) is 15.0 Å². The first-order chi connectivity index (χ1) is 8.69. The molecule has 5 nitrogen and oxygen atoms in total. The second-order valence-electron chi connectivity index (χ2n) is 3.68. The van der Waals surface area contributed by atoms with Gasteiger partial charge in [0.1, 0.15) is 5.82 Å². The lowest BCUT2D eigenvalue weighted by molar-refractivity contribution is 0.394. The summed E-state index contributed by atoms with van der Waals surface area (Å²) < 4.78 is 5.19. The minimum Gasteiger partial charge on any atom is -0.481 e. The second kappa shape index (κ2) is 5.68. The van der Waals surface area contributed by atoms with Crippen molar-refractivity contribution < 1.29 is 4.74 Å². The van der Waals surface area contributed by atoms with E-state index in [4.69, 9.17) is 10.5 Å². The Kier molecular flexibility index (Phi) is 3.99. The van der Waals surface area contributed by atoms with Gasteiger partial charge in [-0.15, -0.1) is 0 Å². The number of hydrogen-bond acceptors (Lipinski definition) is 6. The Morgan fingerprint density at radius 3 is 2.94 bits per heavy atom. The Bertz CT molecular complexity index is 527. The third kappa shape index (κ3) is 3.10. The van der Waals surface area contributed by atoms with Gasteiger partial charge in [0.2, 0.25) is 5.88 Å². The highest BCUT2D eigenvalue weighted by atomic mass is 32.2. The minimum absolute atomic E-state index is 0.489. The summed E-state index contributed by atoms with van der Waals surface area (Å²) in [5.41, 5.74) is 7.56. The van der Waals surface area contributed by atoms with Crippen molar-refractivity contribution in [3.63, 3.8) is 0 Å². The van der Waals surface area contributed by atoms with E-state index in [-0.39, 0.29) is 0 Å². The molecule has 2 heterocycles. The third-order valence-corrected chi connectivity index (χ3v) is 3.15. The van der Waals surface area contributed by atoms with Gasteiger partial charge in [-0.3, -0.25) is 0 Å². The Hall–Kier alpha value is -1.82. The maximum absolute atomic E-state index is 5.68. The van der Waals surface area contributed by atoms with Crippen LogP contribution in [0.1, 0.15) is 11.3 Å². The lowest BCUT2D eigenvalue weighted by Gasteiger charge is -2.06. The molecule has 2 rings (SSSR count). The molecule has 0 spiro atoms. The number of aromatic nitrogens is 3. The topological polar surface area (TPSA) is 73.9 Å². The van der Waals surface area contributed by atoms with Gasteiger partial charge in [-0.1, -0.05) is 17.8 Å². The fourth-order valence-electron chi connectivity index (χ4n) is 1.49. The van der Waals surface area contributed by atoms with Crippen LogP contribution in [0.3, 0.4) is 0 Å². The van der Waals surface area contributed by atoms with E-state index in [0.29, 0.717) is 22.6 Å². The number of hydrogen-bond donors (Lipinski definition) is 1. The van der Waals surface area contributed by atoms with Gasteiger partial charge in [-0.05, 0) is 13.0 Å². The summed E-state index contributed by atoms with van der Waals surface area (Å²) in [6, 6.07) is 5.59. The number of ether oxygens (including phenoxy) is 1. The zero-order chi connectivity index (χ0) is 13.0. The quantitative estimate of drug-likeness (QED) is 0.671. The summed E-state index contributed by atoms with van der Waals surface area (Å²) in [6.07, 6.45) is 1.70. The molecule has 0 aliphatic carbocycles. The van der Waals surface area contributed by atoms with Crippen LogP contribution in [-0.2, 0) is 5.75 Å². The highest BCUT2D eigenvalue weighted by Crippen LogP contribution is 2.24. The molecule has 0 fully saturated rings. The molecule has 0 aliphatic heterocycles. The molecule has 2 aromatic heterocycles. The number of aryl methyl sites for hydroxylation is 1. The van der Waals surface area contributed by atoms with E-state index >= 15 is 0 Å². The number of methoxy groups -OCH3 is 1. The van der Waals surface area contributed by atoms with Crippen LogP contribution in [0.4, 0.5) is 5.82 Å². The molecule has 0 saturated carbocycles. The number of pyridine rings is 1.